The van der Waals surface area contributed by atoms with Gasteiger partial charge in [0, 0.05) is 11.1 Å². The van der Waals surface area contributed by atoms with E-state index in [0.29, 0.717) is 0 Å². The molecule has 0 saturated carbocycles. The Morgan fingerprint density at radius 1 is 1.44 bits per heavy atom. The number of carbonyl (C=O) groups is 2. The number of Topliss-reactive ketones (excluding diaryl/α,β-unsaturated/α-hetero) is 1. The van der Waals surface area contributed by atoms with Gasteiger partial charge in [-0.2, -0.15) is 0 Å². The topological polar surface area (TPSA) is 80.4 Å². The molecule has 2 atom stereocenters. The van der Waals surface area contributed by atoms with Crippen LogP contribution in [0.2, 0.25) is 0 Å². The van der Waals surface area contributed by atoms with Gasteiger partial charge in [-0.25, -0.2) is 0 Å². The number of benzene rings is 1. The average Bonchev–Trinajstić information content (AvgIpc) is 2.40. The van der Waals surface area contributed by atoms with Gasteiger partial charge in [-0.05, 0) is 6.92 Å². The minimum Gasteiger partial charge on any atom is -0.374 e. The van der Waals surface area contributed by atoms with Crippen LogP contribution in [0.5, 0.6) is 0 Å². The first-order chi connectivity index (χ1) is 7.33. The molecule has 16 heavy (non-hydrogen) atoms. The van der Waals surface area contributed by atoms with E-state index in [1.165, 1.54) is 19.1 Å². The lowest BCUT2D eigenvalue weighted by atomic mass is 9.87. The van der Waals surface area contributed by atoms with Crippen LogP contribution < -0.4 is 5.73 Å². The fourth-order valence-electron chi connectivity index (χ4n) is 2.03. The molecular weight excluding hydrogens is 230 g/mol. The Hall–Kier alpha value is -1.39. The van der Waals surface area contributed by atoms with Crippen molar-refractivity contribution in [3.63, 3.8) is 0 Å². The summed E-state index contributed by atoms with van der Waals surface area (Å²) in [6.45, 7) is 1.29. The predicted octanol–water partition coefficient (Wildman–Crippen LogP) is 0.553. The Morgan fingerprint density at radius 3 is 2.56 bits per heavy atom. The van der Waals surface area contributed by atoms with Crippen LogP contribution in [-0.2, 0) is 10.4 Å². The molecule has 1 aromatic carbocycles. The van der Waals surface area contributed by atoms with Crippen molar-refractivity contribution in [2.45, 2.75) is 17.4 Å². The van der Waals surface area contributed by atoms with Crippen molar-refractivity contribution in [1.29, 1.82) is 0 Å². The Balaban J connectivity index is 2.80. The number of primary amides is 1. The minimum absolute atomic E-state index is 0.171. The van der Waals surface area contributed by atoms with Crippen LogP contribution in [0.1, 0.15) is 22.8 Å². The zero-order valence-electron chi connectivity index (χ0n) is 8.53. The molecule has 0 aliphatic heterocycles. The van der Waals surface area contributed by atoms with Crippen molar-refractivity contribution in [3.05, 3.63) is 35.4 Å². The highest BCUT2D eigenvalue weighted by molar-refractivity contribution is 6.42. The number of hydrogen-bond donors (Lipinski definition) is 2. The predicted molar refractivity (Wildman–Crippen MR) is 58.1 cm³/mol. The van der Waals surface area contributed by atoms with Crippen LogP contribution in [0.4, 0.5) is 0 Å². The molecule has 4 nitrogen and oxygen atoms in total. The Labute approximate surface area is 97.0 Å². The number of ketones is 1. The third kappa shape index (κ3) is 1.03. The van der Waals surface area contributed by atoms with E-state index >= 15 is 0 Å². The summed E-state index contributed by atoms with van der Waals surface area (Å²) in [6, 6.07) is 6.24. The van der Waals surface area contributed by atoms with Crippen molar-refractivity contribution < 1.29 is 14.7 Å². The largest absolute Gasteiger partial charge is 0.374 e. The van der Waals surface area contributed by atoms with Crippen molar-refractivity contribution >= 4 is 23.3 Å². The summed E-state index contributed by atoms with van der Waals surface area (Å²) in [4.78, 5) is 21.6. The third-order valence-electron chi connectivity index (χ3n) is 3.02. The van der Waals surface area contributed by atoms with Crippen molar-refractivity contribution in [3.8, 4) is 0 Å². The van der Waals surface area contributed by atoms with E-state index in [4.69, 9.17) is 17.3 Å². The summed E-state index contributed by atoms with van der Waals surface area (Å²) in [5, 5.41) is 10.3. The molecule has 1 amide bonds. The van der Waals surface area contributed by atoms with E-state index in [-0.39, 0.29) is 11.1 Å². The van der Waals surface area contributed by atoms with Gasteiger partial charge >= 0.3 is 0 Å². The summed E-state index contributed by atoms with van der Waals surface area (Å²) in [6.07, 6.45) is 0. The second-order valence-corrected chi connectivity index (χ2v) is 4.71. The lowest BCUT2D eigenvalue weighted by Crippen LogP contribution is -2.54. The molecule has 0 aromatic heterocycles. The molecule has 0 bridgehead atoms. The maximum atomic E-state index is 11.9. The van der Waals surface area contributed by atoms with Crippen LogP contribution in [0, 0.1) is 0 Å². The van der Waals surface area contributed by atoms with Gasteiger partial charge in [0.25, 0.3) is 5.91 Å². The molecule has 84 valence electrons. The van der Waals surface area contributed by atoms with Gasteiger partial charge in [0.1, 0.15) is 4.87 Å². The molecule has 1 aliphatic carbocycles. The standard InChI is InChI=1S/C11H10ClNO3/c1-10(12)8(14)6-4-2-3-5-7(6)11(10,16)9(13)15/h2-5,16H,1H3,(H2,13,15). The van der Waals surface area contributed by atoms with E-state index in [9.17, 15) is 14.7 Å². The molecule has 1 aromatic rings. The molecular formula is C11H10ClNO3. The highest BCUT2D eigenvalue weighted by Gasteiger charge is 2.62. The van der Waals surface area contributed by atoms with Gasteiger partial charge in [0.2, 0.25) is 0 Å². The van der Waals surface area contributed by atoms with E-state index < -0.39 is 22.2 Å². The van der Waals surface area contributed by atoms with Gasteiger partial charge in [0.05, 0.1) is 0 Å². The smallest absolute Gasteiger partial charge is 0.256 e. The number of aliphatic hydroxyl groups is 1. The first kappa shape index (κ1) is 11.1. The summed E-state index contributed by atoms with van der Waals surface area (Å²) in [5.74, 6) is -1.52. The molecule has 5 heteroatoms. The summed E-state index contributed by atoms with van der Waals surface area (Å²) >= 11 is 5.99. The Kier molecular flexibility index (Phi) is 2.12. The third-order valence-corrected chi connectivity index (χ3v) is 3.47. The van der Waals surface area contributed by atoms with Gasteiger partial charge in [-0.1, -0.05) is 24.3 Å². The molecule has 1 aliphatic rings. The Morgan fingerprint density at radius 2 is 2.00 bits per heavy atom. The normalized spacial score (nSPS) is 32.6. The monoisotopic (exact) mass is 239 g/mol. The van der Waals surface area contributed by atoms with Gasteiger partial charge in [0.15, 0.2) is 11.4 Å². The van der Waals surface area contributed by atoms with Gasteiger partial charge < -0.3 is 10.8 Å². The van der Waals surface area contributed by atoms with E-state index in [1.54, 1.807) is 12.1 Å². The lowest BCUT2D eigenvalue weighted by Gasteiger charge is -2.30. The zero-order chi connectivity index (χ0) is 12.1. The second kappa shape index (κ2) is 3.06. The summed E-state index contributed by atoms with van der Waals surface area (Å²) in [7, 11) is 0. The quantitative estimate of drug-likeness (QED) is 0.703. The maximum Gasteiger partial charge on any atom is 0.256 e. The summed E-state index contributed by atoms with van der Waals surface area (Å²) < 4.78 is 0. The van der Waals surface area contributed by atoms with E-state index in [0.717, 1.165) is 0 Å². The number of rotatable bonds is 1. The molecule has 0 saturated heterocycles. The van der Waals surface area contributed by atoms with Crippen LogP contribution in [0.15, 0.2) is 24.3 Å². The van der Waals surface area contributed by atoms with Crippen LogP contribution in [-0.4, -0.2) is 21.7 Å². The van der Waals surface area contributed by atoms with Crippen LogP contribution in [0.25, 0.3) is 0 Å². The number of amides is 1. The minimum atomic E-state index is -2.15. The highest BCUT2D eigenvalue weighted by Crippen LogP contribution is 2.47. The number of nitrogens with two attached hydrogens (primary N) is 1. The molecule has 0 fully saturated rings. The number of alkyl halides is 1. The van der Waals surface area contributed by atoms with Crippen LogP contribution >= 0.6 is 11.6 Å². The maximum absolute atomic E-state index is 11.9. The lowest BCUT2D eigenvalue weighted by molar-refractivity contribution is -0.138. The average molecular weight is 240 g/mol. The first-order valence-corrected chi connectivity index (χ1v) is 5.06. The fourth-order valence-corrected chi connectivity index (χ4v) is 2.33. The number of carbonyl (C=O) groups excluding carboxylic acids is 2. The van der Waals surface area contributed by atoms with E-state index in [1.807, 2.05) is 0 Å². The molecule has 0 heterocycles. The number of fused-ring (bicyclic) bond motifs is 1. The van der Waals surface area contributed by atoms with Crippen molar-refractivity contribution in [1.82, 2.24) is 0 Å². The SMILES string of the molecule is CC1(Cl)C(=O)c2ccccc2C1(O)C(N)=O. The van der Waals surface area contributed by atoms with Crippen LogP contribution in [0.3, 0.4) is 0 Å². The first-order valence-electron chi connectivity index (χ1n) is 4.69. The second-order valence-electron chi connectivity index (χ2n) is 3.95. The molecule has 2 unspecified atom stereocenters. The van der Waals surface area contributed by atoms with E-state index in [2.05, 4.69) is 0 Å². The fraction of sp³-hybridized carbons (Fsp3) is 0.273. The number of halogens is 1. The summed E-state index contributed by atoms with van der Waals surface area (Å²) in [5.41, 5.74) is 3.42. The molecule has 2 rings (SSSR count). The molecule has 3 N–H and O–H groups in total. The van der Waals surface area contributed by atoms with Gasteiger partial charge in [-0.3, -0.25) is 9.59 Å². The number of hydrogen-bond acceptors (Lipinski definition) is 3. The zero-order valence-corrected chi connectivity index (χ0v) is 9.28. The van der Waals surface area contributed by atoms with Gasteiger partial charge in [-0.15, -0.1) is 11.6 Å². The molecule has 0 spiro atoms. The Bertz CT molecular complexity index is 498. The highest BCUT2D eigenvalue weighted by atomic mass is 35.5. The van der Waals surface area contributed by atoms with Crippen molar-refractivity contribution in [2.24, 2.45) is 5.73 Å². The van der Waals surface area contributed by atoms with Crippen molar-refractivity contribution in [2.75, 3.05) is 0 Å². The molecule has 0 radical (unpaired) electrons.